The summed E-state index contributed by atoms with van der Waals surface area (Å²) in [5, 5.41) is 0.176. The number of imidazole rings is 1. The number of rotatable bonds is 3. The Morgan fingerprint density at radius 3 is 2.45 bits per heavy atom. The van der Waals surface area contributed by atoms with Gasteiger partial charge in [-0.25, -0.2) is 15.0 Å². The first kappa shape index (κ1) is 20.8. The molecule has 0 fully saturated rings. The summed E-state index contributed by atoms with van der Waals surface area (Å²) >= 11 is 6.13. The van der Waals surface area contributed by atoms with Crippen LogP contribution in [0.5, 0.6) is 0 Å². The maximum absolute atomic E-state index is 13.0. The van der Waals surface area contributed by atoms with Crippen molar-refractivity contribution in [3.05, 3.63) is 77.1 Å². The molecular weight excluding hydrogens is 431 g/mol. The maximum Gasteiger partial charge on any atom is 0.416 e. The molecule has 0 aliphatic rings. The van der Waals surface area contributed by atoms with Gasteiger partial charge in [0.1, 0.15) is 5.69 Å². The number of benzene rings is 1. The van der Waals surface area contributed by atoms with Crippen LogP contribution in [0.4, 0.5) is 18.9 Å². The monoisotopic (exact) mass is 445 g/mol. The molecule has 3 aromatic heterocycles. The summed E-state index contributed by atoms with van der Waals surface area (Å²) in [6.07, 6.45) is 1.60. The fourth-order valence-electron chi connectivity index (χ4n) is 3.10. The molecule has 31 heavy (non-hydrogen) atoms. The van der Waals surface area contributed by atoms with Crippen LogP contribution >= 0.6 is 11.6 Å². The van der Waals surface area contributed by atoms with E-state index >= 15 is 0 Å². The Kier molecular flexibility index (Phi) is 5.14. The third-order valence-corrected chi connectivity index (χ3v) is 5.04. The van der Waals surface area contributed by atoms with Crippen LogP contribution in [-0.2, 0) is 6.18 Å². The fourth-order valence-corrected chi connectivity index (χ4v) is 3.33. The molecule has 158 valence electrons. The van der Waals surface area contributed by atoms with Crippen LogP contribution in [0.2, 0.25) is 5.15 Å². The number of anilines is 1. The van der Waals surface area contributed by atoms with Gasteiger partial charge in [-0.2, -0.15) is 13.2 Å². The van der Waals surface area contributed by atoms with Gasteiger partial charge in [0.05, 0.1) is 29.3 Å². The van der Waals surface area contributed by atoms with Gasteiger partial charge in [0.15, 0.2) is 10.8 Å². The molecule has 3 heterocycles. The SMILES string of the molecule is Cc1cnc(Cl)c(N(C)C(=O)c2cn3c(-c4ccc(C(F)(F)F)cc4)cnc3cn2)c1. The van der Waals surface area contributed by atoms with Gasteiger partial charge in [0.25, 0.3) is 5.91 Å². The number of fused-ring (bicyclic) bond motifs is 1. The topological polar surface area (TPSA) is 63.4 Å². The number of aryl methyl sites for hydroxylation is 1. The number of hydrogen-bond donors (Lipinski definition) is 0. The molecule has 4 rings (SSSR count). The number of alkyl halides is 3. The third kappa shape index (κ3) is 3.96. The van der Waals surface area contributed by atoms with Crippen LogP contribution in [0.3, 0.4) is 0 Å². The van der Waals surface area contributed by atoms with E-state index in [9.17, 15) is 18.0 Å². The second-order valence-corrected chi connectivity index (χ2v) is 7.26. The smallest absolute Gasteiger partial charge is 0.307 e. The Labute approximate surface area is 180 Å². The molecule has 6 nitrogen and oxygen atoms in total. The third-order valence-electron chi connectivity index (χ3n) is 4.75. The zero-order valence-corrected chi connectivity index (χ0v) is 17.1. The highest BCUT2D eigenvalue weighted by atomic mass is 35.5. The van der Waals surface area contributed by atoms with E-state index in [0.29, 0.717) is 22.6 Å². The minimum absolute atomic E-state index is 0.110. The largest absolute Gasteiger partial charge is 0.416 e. The molecule has 0 unspecified atom stereocenters. The van der Waals surface area contributed by atoms with Gasteiger partial charge in [-0.05, 0) is 30.7 Å². The summed E-state index contributed by atoms with van der Waals surface area (Å²) in [6.45, 7) is 1.83. The fraction of sp³-hybridized carbons (Fsp3) is 0.143. The lowest BCUT2D eigenvalue weighted by atomic mass is 10.1. The number of hydrogen-bond acceptors (Lipinski definition) is 4. The summed E-state index contributed by atoms with van der Waals surface area (Å²) in [5.41, 5.74) is 2.13. The molecule has 10 heteroatoms. The first-order valence-corrected chi connectivity index (χ1v) is 9.44. The van der Waals surface area contributed by atoms with Crippen LogP contribution in [0, 0.1) is 6.92 Å². The number of amides is 1. The van der Waals surface area contributed by atoms with Crippen molar-refractivity contribution in [3.8, 4) is 11.3 Å². The van der Waals surface area contributed by atoms with Crippen LogP contribution in [-0.4, -0.2) is 32.3 Å². The standard InChI is InChI=1S/C21H15ClF3N5O/c1-12-7-16(19(22)28-8-12)29(2)20(31)15-11-30-17(9-27-18(30)10-26-15)13-3-5-14(6-4-13)21(23,24)25/h3-11H,1-2H3. The Morgan fingerprint density at radius 2 is 1.77 bits per heavy atom. The average molecular weight is 446 g/mol. The van der Waals surface area contributed by atoms with E-state index in [1.165, 1.54) is 35.6 Å². The molecule has 0 aliphatic heterocycles. The minimum Gasteiger partial charge on any atom is -0.307 e. The number of pyridine rings is 1. The molecular formula is C21H15ClF3N5O. The molecule has 0 N–H and O–H groups in total. The summed E-state index contributed by atoms with van der Waals surface area (Å²) < 4.78 is 40.1. The van der Waals surface area contributed by atoms with Gasteiger partial charge >= 0.3 is 6.18 Å². The Morgan fingerprint density at radius 1 is 1.06 bits per heavy atom. The Balaban J connectivity index is 1.71. The van der Waals surface area contributed by atoms with Gasteiger partial charge in [0.2, 0.25) is 0 Å². The molecule has 0 spiro atoms. The second-order valence-electron chi connectivity index (χ2n) is 6.91. The zero-order chi connectivity index (χ0) is 22.3. The van der Waals surface area contributed by atoms with Crippen molar-refractivity contribution in [2.75, 3.05) is 11.9 Å². The average Bonchev–Trinajstić information content (AvgIpc) is 3.17. The molecule has 0 aliphatic carbocycles. The quantitative estimate of drug-likeness (QED) is 0.414. The number of halogens is 4. The highest BCUT2D eigenvalue weighted by Gasteiger charge is 2.30. The van der Waals surface area contributed by atoms with E-state index in [1.807, 2.05) is 6.92 Å². The lowest BCUT2D eigenvalue weighted by molar-refractivity contribution is -0.137. The molecule has 4 aromatic rings. The lowest BCUT2D eigenvalue weighted by Gasteiger charge is -2.18. The maximum atomic E-state index is 13.0. The van der Waals surface area contributed by atoms with Crippen molar-refractivity contribution in [1.29, 1.82) is 0 Å². The minimum atomic E-state index is -4.42. The van der Waals surface area contributed by atoms with E-state index < -0.39 is 17.6 Å². The van der Waals surface area contributed by atoms with E-state index in [0.717, 1.165) is 17.7 Å². The first-order valence-electron chi connectivity index (χ1n) is 9.06. The van der Waals surface area contributed by atoms with Crippen molar-refractivity contribution in [1.82, 2.24) is 19.4 Å². The van der Waals surface area contributed by atoms with Gasteiger partial charge in [-0.3, -0.25) is 9.20 Å². The van der Waals surface area contributed by atoms with Gasteiger partial charge in [0, 0.05) is 25.0 Å². The predicted molar refractivity (Wildman–Crippen MR) is 110 cm³/mol. The molecule has 0 radical (unpaired) electrons. The van der Waals surface area contributed by atoms with Crippen molar-refractivity contribution >= 4 is 28.8 Å². The van der Waals surface area contributed by atoms with Crippen LogP contribution < -0.4 is 4.90 Å². The molecule has 0 bridgehead atoms. The summed E-state index contributed by atoms with van der Waals surface area (Å²) in [4.78, 5) is 26.8. The number of carbonyl (C=O) groups is 1. The first-order chi connectivity index (χ1) is 14.6. The van der Waals surface area contributed by atoms with Crippen molar-refractivity contribution in [2.45, 2.75) is 13.1 Å². The van der Waals surface area contributed by atoms with Crippen molar-refractivity contribution in [3.63, 3.8) is 0 Å². The van der Waals surface area contributed by atoms with Gasteiger partial charge in [-0.1, -0.05) is 23.7 Å². The van der Waals surface area contributed by atoms with Crippen molar-refractivity contribution in [2.24, 2.45) is 0 Å². The zero-order valence-electron chi connectivity index (χ0n) is 16.4. The Hall–Kier alpha value is -3.46. The van der Waals surface area contributed by atoms with E-state index in [1.54, 1.807) is 23.7 Å². The van der Waals surface area contributed by atoms with Crippen molar-refractivity contribution < 1.29 is 18.0 Å². The lowest BCUT2D eigenvalue weighted by Crippen LogP contribution is -2.28. The number of nitrogens with zero attached hydrogens (tertiary/aromatic N) is 5. The summed E-state index contributed by atoms with van der Waals surface area (Å²) in [5.74, 6) is -0.428. The normalized spacial score (nSPS) is 11.7. The van der Waals surface area contributed by atoms with Crippen LogP contribution in [0.25, 0.3) is 16.9 Å². The number of carbonyl (C=O) groups excluding carboxylic acids is 1. The molecule has 0 saturated carbocycles. The summed E-state index contributed by atoms with van der Waals surface area (Å²) in [6, 6.07) is 6.46. The molecule has 0 atom stereocenters. The van der Waals surface area contributed by atoms with E-state index in [2.05, 4.69) is 15.0 Å². The molecule has 0 saturated heterocycles. The van der Waals surface area contributed by atoms with Gasteiger partial charge < -0.3 is 4.90 Å². The second kappa shape index (κ2) is 7.66. The number of aromatic nitrogens is 4. The highest BCUT2D eigenvalue weighted by molar-refractivity contribution is 6.32. The van der Waals surface area contributed by atoms with E-state index in [-0.39, 0.29) is 10.8 Å². The molecule has 1 amide bonds. The Bertz CT molecular complexity index is 1280. The predicted octanol–water partition coefficient (Wildman–Crippen LogP) is 5.05. The van der Waals surface area contributed by atoms with E-state index in [4.69, 9.17) is 11.6 Å². The van der Waals surface area contributed by atoms with Crippen LogP contribution in [0.1, 0.15) is 21.6 Å². The van der Waals surface area contributed by atoms with Gasteiger partial charge in [-0.15, -0.1) is 0 Å². The highest BCUT2D eigenvalue weighted by Crippen LogP contribution is 2.31. The van der Waals surface area contributed by atoms with Crippen LogP contribution in [0.15, 0.2) is 55.1 Å². The summed E-state index contributed by atoms with van der Waals surface area (Å²) in [7, 11) is 1.56. The molecule has 1 aromatic carbocycles.